The Morgan fingerprint density at radius 2 is 1.78 bits per heavy atom. The highest BCUT2D eigenvalue weighted by atomic mass is 35.5. The molecule has 23 heavy (non-hydrogen) atoms. The van der Waals surface area contributed by atoms with Gasteiger partial charge in [-0.25, -0.2) is 8.42 Å². The number of piperidine rings is 1. The Hall–Kier alpha value is -0.810. The van der Waals surface area contributed by atoms with Crippen LogP contribution in [0.5, 0.6) is 0 Å². The smallest absolute Gasteiger partial charge is 0.207 e. The minimum absolute atomic E-state index is 0.190. The summed E-state index contributed by atoms with van der Waals surface area (Å²) in [6.07, 6.45) is 8.83. The summed E-state index contributed by atoms with van der Waals surface area (Å²) in [7, 11) is -3.52. The summed E-state index contributed by atoms with van der Waals surface area (Å²) in [6, 6.07) is 6.60. The van der Waals surface area contributed by atoms with E-state index in [4.69, 9.17) is 23.2 Å². The maximum Gasteiger partial charge on any atom is 0.244 e. The van der Waals surface area contributed by atoms with Gasteiger partial charge < -0.3 is 0 Å². The third kappa shape index (κ3) is 3.50. The Kier molecular flexibility index (Phi) is 5.16. The summed E-state index contributed by atoms with van der Waals surface area (Å²) >= 11 is 12.4. The van der Waals surface area contributed by atoms with E-state index in [0.29, 0.717) is 19.0 Å². The predicted molar refractivity (Wildman–Crippen MR) is 94.1 cm³/mol. The van der Waals surface area contributed by atoms with E-state index in [0.717, 1.165) is 24.3 Å². The molecule has 0 radical (unpaired) electrons. The first-order valence-electron chi connectivity index (χ1n) is 7.77. The Balaban J connectivity index is 1.72. The van der Waals surface area contributed by atoms with E-state index in [1.165, 1.54) is 4.31 Å². The molecule has 6 heteroatoms. The lowest BCUT2D eigenvalue weighted by atomic mass is 9.82. The molecule has 1 aliphatic carbocycles. The van der Waals surface area contributed by atoms with Crippen molar-refractivity contribution in [3.8, 4) is 0 Å². The van der Waals surface area contributed by atoms with Gasteiger partial charge in [0.1, 0.15) is 4.90 Å². The lowest BCUT2D eigenvalue weighted by Gasteiger charge is -2.35. The Morgan fingerprint density at radius 1 is 1.09 bits per heavy atom. The molecule has 124 valence electrons. The molecule has 0 bridgehead atoms. The minimum atomic E-state index is -3.52. The number of nitrogens with zero attached hydrogens (tertiary/aromatic N) is 1. The Labute approximate surface area is 147 Å². The van der Waals surface area contributed by atoms with Gasteiger partial charge in [-0.1, -0.05) is 53.6 Å². The molecule has 0 amide bonds. The van der Waals surface area contributed by atoms with Crippen molar-refractivity contribution >= 4 is 33.2 Å². The molecule has 1 saturated heterocycles. The standard InChI is InChI=1S/C17H19Cl2NO2S/c18-15-6-2-1-5-14(15)13-9-11-20(12-10-13)23(21,22)17-8-4-3-7-16(17)19/h1,3-8,13-14H,2,9-12H2. The maximum atomic E-state index is 12.7. The molecule has 1 aromatic carbocycles. The van der Waals surface area contributed by atoms with Gasteiger partial charge >= 0.3 is 0 Å². The Bertz CT molecular complexity index is 735. The molecule has 2 aliphatic rings. The van der Waals surface area contributed by atoms with Crippen molar-refractivity contribution in [3.05, 3.63) is 52.5 Å². The zero-order valence-electron chi connectivity index (χ0n) is 12.7. The second-order valence-electron chi connectivity index (χ2n) is 5.95. The van der Waals surface area contributed by atoms with Crippen molar-refractivity contribution in [2.75, 3.05) is 13.1 Å². The normalized spacial score (nSPS) is 23.7. The van der Waals surface area contributed by atoms with Gasteiger partial charge in [-0.05, 0) is 37.3 Å². The van der Waals surface area contributed by atoms with Gasteiger partial charge in [0, 0.05) is 24.0 Å². The van der Waals surface area contributed by atoms with Gasteiger partial charge in [0.05, 0.1) is 5.02 Å². The number of sulfonamides is 1. The van der Waals surface area contributed by atoms with Crippen LogP contribution in [0.15, 0.2) is 52.4 Å². The second-order valence-corrected chi connectivity index (χ2v) is 8.70. The van der Waals surface area contributed by atoms with Crippen LogP contribution in [0.25, 0.3) is 0 Å². The van der Waals surface area contributed by atoms with Crippen LogP contribution in [-0.4, -0.2) is 25.8 Å². The first-order chi connectivity index (χ1) is 11.0. The monoisotopic (exact) mass is 371 g/mol. The summed E-state index contributed by atoms with van der Waals surface area (Å²) in [5.41, 5.74) is 0. The number of hydrogen-bond acceptors (Lipinski definition) is 2. The quantitative estimate of drug-likeness (QED) is 0.736. The lowest BCUT2D eigenvalue weighted by Crippen LogP contribution is -2.40. The summed E-state index contributed by atoms with van der Waals surface area (Å²) in [5, 5.41) is 1.16. The number of rotatable bonds is 3. The van der Waals surface area contributed by atoms with Crippen molar-refractivity contribution in [2.24, 2.45) is 11.8 Å². The van der Waals surface area contributed by atoms with Crippen LogP contribution in [0.4, 0.5) is 0 Å². The fourth-order valence-electron chi connectivity index (χ4n) is 3.28. The van der Waals surface area contributed by atoms with E-state index >= 15 is 0 Å². The third-order valence-electron chi connectivity index (χ3n) is 4.57. The van der Waals surface area contributed by atoms with Gasteiger partial charge in [-0.2, -0.15) is 4.31 Å². The van der Waals surface area contributed by atoms with Gasteiger partial charge in [0.25, 0.3) is 0 Å². The largest absolute Gasteiger partial charge is 0.244 e. The minimum Gasteiger partial charge on any atom is -0.207 e. The number of benzene rings is 1. The SMILES string of the molecule is O=S(=O)(c1ccccc1Cl)N1CCC(C2C=CCC=C2Cl)CC1. The summed E-state index contributed by atoms with van der Waals surface area (Å²) in [6.45, 7) is 1.01. The van der Waals surface area contributed by atoms with Crippen LogP contribution in [0.1, 0.15) is 19.3 Å². The van der Waals surface area contributed by atoms with E-state index in [-0.39, 0.29) is 15.8 Å². The zero-order valence-corrected chi connectivity index (χ0v) is 15.0. The fourth-order valence-corrected chi connectivity index (χ4v) is 5.59. The zero-order chi connectivity index (χ0) is 16.4. The number of allylic oxidation sites excluding steroid dienone is 4. The molecule has 1 aliphatic heterocycles. The average Bonchev–Trinajstić information content (AvgIpc) is 2.56. The van der Waals surface area contributed by atoms with Crippen molar-refractivity contribution < 1.29 is 8.42 Å². The van der Waals surface area contributed by atoms with Crippen molar-refractivity contribution in [1.82, 2.24) is 4.31 Å². The highest BCUT2D eigenvalue weighted by Crippen LogP contribution is 2.36. The molecule has 1 aromatic rings. The summed E-state index contributed by atoms with van der Waals surface area (Å²) < 4.78 is 27.0. The first kappa shape index (κ1) is 17.0. The number of halogens is 2. The van der Waals surface area contributed by atoms with Crippen LogP contribution in [0.3, 0.4) is 0 Å². The molecular weight excluding hydrogens is 353 g/mol. The highest BCUT2D eigenvalue weighted by molar-refractivity contribution is 7.89. The molecule has 0 N–H and O–H groups in total. The Morgan fingerprint density at radius 3 is 2.43 bits per heavy atom. The molecule has 1 atom stereocenters. The summed E-state index contributed by atoms with van der Waals surface area (Å²) in [5.74, 6) is 0.628. The van der Waals surface area contributed by atoms with Crippen LogP contribution < -0.4 is 0 Å². The fraction of sp³-hybridized carbons (Fsp3) is 0.412. The van der Waals surface area contributed by atoms with Crippen LogP contribution in [0, 0.1) is 11.8 Å². The predicted octanol–water partition coefficient (Wildman–Crippen LogP) is 4.44. The third-order valence-corrected chi connectivity index (χ3v) is 7.38. The van der Waals surface area contributed by atoms with Crippen LogP contribution >= 0.6 is 23.2 Å². The molecule has 1 fully saturated rings. The van der Waals surface area contributed by atoms with E-state index in [2.05, 4.69) is 12.2 Å². The van der Waals surface area contributed by atoms with Crippen LogP contribution in [0.2, 0.25) is 5.02 Å². The number of hydrogen-bond donors (Lipinski definition) is 0. The highest BCUT2D eigenvalue weighted by Gasteiger charge is 2.33. The van der Waals surface area contributed by atoms with Crippen LogP contribution in [-0.2, 0) is 10.0 Å². The second kappa shape index (κ2) is 6.98. The van der Waals surface area contributed by atoms with Crippen molar-refractivity contribution in [2.45, 2.75) is 24.2 Å². The molecule has 0 aromatic heterocycles. The molecular formula is C17H19Cl2NO2S. The average molecular weight is 372 g/mol. The molecule has 1 heterocycles. The van der Waals surface area contributed by atoms with E-state index < -0.39 is 10.0 Å². The van der Waals surface area contributed by atoms with Gasteiger partial charge in [-0.3, -0.25) is 0 Å². The molecule has 1 unspecified atom stereocenters. The molecule has 0 saturated carbocycles. The lowest BCUT2D eigenvalue weighted by molar-refractivity contribution is 0.248. The molecule has 3 nitrogen and oxygen atoms in total. The van der Waals surface area contributed by atoms with Gasteiger partial charge in [0.2, 0.25) is 10.0 Å². The van der Waals surface area contributed by atoms with E-state index in [9.17, 15) is 8.42 Å². The first-order valence-corrected chi connectivity index (χ1v) is 9.96. The van der Waals surface area contributed by atoms with Gasteiger partial charge in [-0.15, -0.1) is 0 Å². The molecule has 3 rings (SSSR count). The maximum absolute atomic E-state index is 12.7. The van der Waals surface area contributed by atoms with E-state index in [1.54, 1.807) is 24.3 Å². The van der Waals surface area contributed by atoms with Gasteiger partial charge in [0.15, 0.2) is 0 Å². The van der Waals surface area contributed by atoms with E-state index in [1.807, 2.05) is 6.08 Å². The molecule has 0 spiro atoms. The summed E-state index contributed by atoms with van der Waals surface area (Å²) in [4.78, 5) is 0.190. The van der Waals surface area contributed by atoms with Crippen molar-refractivity contribution in [1.29, 1.82) is 0 Å². The van der Waals surface area contributed by atoms with Crippen molar-refractivity contribution in [3.63, 3.8) is 0 Å². The topological polar surface area (TPSA) is 37.4 Å².